The molecule has 2 aromatic carbocycles. The number of carboxylic acid groups (broad SMARTS) is 1. The number of rotatable bonds is 7. The van der Waals surface area contributed by atoms with Crippen molar-refractivity contribution < 1.29 is 32.5 Å². The van der Waals surface area contributed by atoms with Gasteiger partial charge < -0.3 is 19.3 Å². The molecule has 1 saturated carbocycles. The quantitative estimate of drug-likeness (QED) is 0.707. The second kappa shape index (κ2) is 7.57. The van der Waals surface area contributed by atoms with Gasteiger partial charge in [0.2, 0.25) is 10.0 Å². The molecular weight excluding hydrogens is 398 g/mol. The van der Waals surface area contributed by atoms with Gasteiger partial charge in [-0.25, -0.2) is 17.9 Å². The van der Waals surface area contributed by atoms with Crippen LogP contribution in [0.4, 0.5) is 0 Å². The lowest BCUT2D eigenvalue weighted by Crippen LogP contribution is -2.37. The highest BCUT2D eigenvalue weighted by atomic mass is 32.2. The number of carbonyl (C=O) groups is 1. The van der Waals surface area contributed by atoms with E-state index in [4.69, 9.17) is 19.3 Å². The molecule has 8 nitrogen and oxygen atoms in total. The molecule has 9 heteroatoms. The summed E-state index contributed by atoms with van der Waals surface area (Å²) in [6.45, 7) is -0.470. The molecule has 29 heavy (non-hydrogen) atoms. The van der Waals surface area contributed by atoms with Gasteiger partial charge in [0, 0.05) is 17.5 Å². The van der Waals surface area contributed by atoms with Crippen molar-refractivity contribution >= 4 is 16.0 Å². The first kappa shape index (κ1) is 19.5. The summed E-state index contributed by atoms with van der Waals surface area (Å²) in [5.41, 5.74) is 0.831. The molecule has 3 unspecified atom stereocenters. The molecule has 1 heterocycles. The van der Waals surface area contributed by atoms with E-state index in [0.29, 0.717) is 30.1 Å². The van der Waals surface area contributed by atoms with Crippen LogP contribution < -0.4 is 18.9 Å². The minimum Gasteiger partial charge on any atom is -0.497 e. The van der Waals surface area contributed by atoms with E-state index in [-0.39, 0.29) is 23.0 Å². The minimum absolute atomic E-state index is 0.161. The second-order valence-corrected chi connectivity index (χ2v) is 8.73. The predicted molar refractivity (Wildman–Crippen MR) is 103 cm³/mol. The number of ether oxygens (including phenoxy) is 3. The van der Waals surface area contributed by atoms with Crippen LogP contribution >= 0.6 is 0 Å². The molecule has 1 fully saturated rings. The molecule has 2 aromatic rings. The Morgan fingerprint density at radius 2 is 1.97 bits per heavy atom. The van der Waals surface area contributed by atoms with E-state index >= 15 is 0 Å². The number of methoxy groups -OCH3 is 1. The van der Waals surface area contributed by atoms with Crippen molar-refractivity contribution in [1.82, 2.24) is 4.72 Å². The Bertz CT molecular complexity index is 1020. The van der Waals surface area contributed by atoms with Crippen molar-refractivity contribution in [2.75, 3.05) is 13.7 Å². The third kappa shape index (κ3) is 3.75. The van der Waals surface area contributed by atoms with E-state index < -0.39 is 22.6 Å². The Labute approximate surface area is 168 Å². The summed E-state index contributed by atoms with van der Waals surface area (Å²) in [4.78, 5) is 11.0. The Morgan fingerprint density at radius 3 is 2.66 bits per heavy atom. The highest BCUT2D eigenvalue weighted by Crippen LogP contribution is 2.51. The average molecular weight is 419 g/mol. The van der Waals surface area contributed by atoms with Gasteiger partial charge in [0.1, 0.15) is 11.9 Å². The summed E-state index contributed by atoms with van der Waals surface area (Å²) >= 11 is 0. The van der Waals surface area contributed by atoms with Gasteiger partial charge in [-0.2, -0.15) is 0 Å². The van der Waals surface area contributed by atoms with Crippen molar-refractivity contribution in [2.24, 2.45) is 0 Å². The lowest BCUT2D eigenvalue weighted by molar-refractivity contribution is -0.139. The Morgan fingerprint density at radius 1 is 1.21 bits per heavy atom. The topological polar surface area (TPSA) is 111 Å². The van der Waals surface area contributed by atoms with Crippen molar-refractivity contribution in [2.45, 2.75) is 35.8 Å². The Kier molecular flexibility index (Phi) is 5.10. The zero-order valence-electron chi connectivity index (χ0n) is 15.7. The Hall–Kier alpha value is -2.78. The molecule has 0 aromatic heterocycles. The van der Waals surface area contributed by atoms with Crippen LogP contribution in [0.3, 0.4) is 0 Å². The maximum Gasteiger partial charge on any atom is 0.341 e. The molecule has 4 rings (SSSR count). The van der Waals surface area contributed by atoms with Crippen LogP contribution in [0.15, 0.2) is 47.4 Å². The molecule has 154 valence electrons. The van der Waals surface area contributed by atoms with Gasteiger partial charge in [0.25, 0.3) is 0 Å². The smallest absolute Gasteiger partial charge is 0.341 e. The first-order chi connectivity index (χ1) is 13.9. The van der Waals surface area contributed by atoms with Crippen LogP contribution in [-0.2, 0) is 14.8 Å². The first-order valence-corrected chi connectivity index (χ1v) is 10.7. The van der Waals surface area contributed by atoms with Gasteiger partial charge >= 0.3 is 5.97 Å². The van der Waals surface area contributed by atoms with E-state index in [2.05, 4.69) is 4.72 Å². The number of nitrogens with one attached hydrogen (secondary N) is 1. The third-order valence-corrected chi connectivity index (χ3v) is 6.77. The summed E-state index contributed by atoms with van der Waals surface area (Å²) in [5.74, 6) is 0.197. The number of aliphatic carboxylic acids is 1. The van der Waals surface area contributed by atoms with Gasteiger partial charge in [0.15, 0.2) is 18.1 Å². The van der Waals surface area contributed by atoms with Crippen LogP contribution in [0, 0.1) is 0 Å². The molecule has 0 spiro atoms. The van der Waals surface area contributed by atoms with Crippen LogP contribution in [0.5, 0.6) is 17.2 Å². The molecule has 2 N–H and O–H groups in total. The molecule has 0 amide bonds. The van der Waals surface area contributed by atoms with Crippen molar-refractivity contribution in [3.05, 3.63) is 48.0 Å². The van der Waals surface area contributed by atoms with Crippen molar-refractivity contribution in [3.63, 3.8) is 0 Å². The summed E-state index contributed by atoms with van der Waals surface area (Å²) in [6, 6.07) is 11.2. The third-order valence-electron chi connectivity index (χ3n) is 5.26. The van der Waals surface area contributed by atoms with Crippen LogP contribution in [0.25, 0.3) is 0 Å². The first-order valence-electron chi connectivity index (χ1n) is 9.19. The highest BCUT2D eigenvalue weighted by molar-refractivity contribution is 7.89. The predicted octanol–water partition coefficient (Wildman–Crippen LogP) is 2.14. The number of hydrogen-bond donors (Lipinski definition) is 2. The number of para-hydroxylation sites is 1. The summed E-state index contributed by atoms with van der Waals surface area (Å²) in [7, 11) is -2.19. The van der Waals surface area contributed by atoms with Crippen molar-refractivity contribution in [1.29, 1.82) is 0 Å². The standard InChI is InChI=1S/C20H21NO7S/c1-26-12-5-7-13(8-6-12)29(24,25)21-15-9-10-16-19(15)14-3-2-4-17(20(14)28-16)27-11-18(22)23/h2-8,15-16,19,21H,9-11H2,1H3,(H,22,23). The summed E-state index contributed by atoms with van der Waals surface area (Å²) in [5, 5.41) is 8.85. The van der Waals surface area contributed by atoms with E-state index in [1.165, 1.54) is 19.2 Å². The number of hydrogen-bond acceptors (Lipinski definition) is 6. The van der Waals surface area contributed by atoms with Crippen LogP contribution in [0.1, 0.15) is 24.3 Å². The molecule has 2 aliphatic rings. The van der Waals surface area contributed by atoms with Gasteiger partial charge in [-0.15, -0.1) is 0 Å². The zero-order chi connectivity index (χ0) is 20.6. The van der Waals surface area contributed by atoms with Gasteiger partial charge in [-0.05, 0) is 43.2 Å². The van der Waals surface area contributed by atoms with Crippen LogP contribution in [-0.4, -0.2) is 45.4 Å². The zero-order valence-corrected chi connectivity index (χ0v) is 16.5. The number of benzene rings is 2. The maximum absolute atomic E-state index is 12.9. The summed E-state index contributed by atoms with van der Waals surface area (Å²) in [6.07, 6.45) is 1.15. The lowest BCUT2D eigenvalue weighted by Gasteiger charge is -2.20. The van der Waals surface area contributed by atoms with E-state index in [0.717, 1.165) is 5.56 Å². The Balaban J connectivity index is 1.56. The number of fused-ring (bicyclic) bond motifs is 3. The molecule has 1 aliphatic heterocycles. The summed E-state index contributed by atoms with van der Waals surface area (Å²) < 4.78 is 44.9. The fourth-order valence-electron chi connectivity index (χ4n) is 3.99. The molecular formula is C20H21NO7S. The minimum atomic E-state index is -3.71. The molecule has 3 atom stereocenters. The van der Waals surface area contributed by atoms with Gasteiger partial charge in [0.05, 0.1) is 12.0 Å². The SMILES string of the molecule is COc1ccc(S(=O)(=O)NC2CCC3Oc4c(OCC(=O)O)cccc4C23)cc1. The molecule has 0 saturated heterocycles. The number of sulfonamides is 1. The van der Waals surface area contributed by atoms with Crippen LogP contribution in [0.2, 0.25) is 0 Å². The largest absolute Gasteiger partial charge is 0.497 e. The van der Waals surface area contributed by atoms with Gasteiger partial charge in [-0.3, -0.25) is 0 Å². The fraction of sp³-hybridized carbons (Fsp3) is 0.350. The molecule has 0 radical (unpaired) electrons. The van der Waals surface area contributed by atoms with Crippen molar-refractivity contribution in [3.8, 4) is 17.2 Å². The fourth-order valence-corrected chi connectivity index (χ4v) is 5.29. The monoisotopic (exact) mass is 419 g/mol. The van der Waals surface area contributed by atoms with Gasteiger partial charge in [-0.1, -0.05) is 12.1 Å². The van der Waals surface area contributed by atoms with E-state index in [1.807, 2.05) is 6.07 Å². The highest BCUT2D eigenvalue weighted by Gasteiger charge is 2.47. The second-order valence-electron chi connectivity index (χ2n) is 7.02. The molecule has 0 bridgehead atoms. The van der Waals surface area contributed by atoms with E-state index in [9.17, 15) is 13.2 Å². The normalized spacial score (nSPS) is 22.4. The molecule has 1 aliphatic carbocycles. The number of carboxylic acids is 1. The van der Waals surface area contributed by atoms with E-state index in [1.54, 1.807) is 24.3 Å². The lowest BCUT2D eigenvalue weighted by atomic mass is 9.94. The maximum atomic E-state index is 12.9. The average Bonchev–Trinajstić information content (AvgIpc) is 3.26.